The van der Waals surface area contributed by atoms with Crippen LogP contribution in [0, 0.1) is 0 Å². The third-order valence-electron chi connectivity index (χ3n) is 5.82. The van der Waals surface area contributed by atoms with Gasteiger partial charge in [0.25, 0.3) is 0 Å². The molecule has 0 spiro atoms. The van der Waals surface area contributed by atoms with Crippen LogP contribution >= 0.6 is 0 Å². The molecule has 26 heavy (non-hydrogen) atoms. The summed E-state index contributed by atoms with van der Waals surface area (Å²) in [5, 5.41) is 9.18. The number of carboxylic acids is 1. The Labute approximate surface area is 156 Å². The number of carboxylic acid groups (broad SMARTS) is 1. The van der Waals surface area contributed by atoms with E-state index < -0.39 is 5.97 Å². The first kappa shape index (κ1) is 18.4. The van der Waals surface area contributed by atoms with Gasteiger partial charge in [-0.15, -0.1) is 0 Å². The molecule has 2 nitrogen and oxygen atoms in total. The molecule has 2 aromatic rings. The lowest BCUT2D eigenvalue weighted by atomic mass is 9.63. The minimum absolute atomic E-state index is 0.185. The van der Waals surface area contributed by atoms with Gasteiger partial charge < -0.3 is 5.11 Å². The molecule has 1 N–H and O–H groups in total. The Morgan fingerprint density at radius 3 is 2.23 bits per heavy atom. The normalized spacial score (nSPS) is 18.3. The van der Waals surface area contributed by atoms with Crippen LogP contribution in [0.2, 0.25) is 0 Å². The Bertz CT molecular complexity index is 885. The minimum Gasteiger partial charge on any atom is -0.478 e. The molecule has 0 aliphatic heterocycles. The molecule has 2 aromatic carbocycles. The zero-order valence-electron chi connectivity index (χ0n) is 16.4. The van der Waals surface area contributed by atoms with Crippen LogP contribution in [-0.2, 0) is 10.8 Å². The lowest BCUT2D eigenvalue weighted by Gasteiger charge is -2.42. The molecule has 3 rings (SSSR count). The average Bonchev–Trinajstić information content (AvgIpc) is 2.59. The molecule has 2 heteroatoms. The lowest BCUT2D eigenvalue weighted by molar-refractivity contribution is 0.0697. The number of hydrogen-bond acceptors (Lipinski definition) is 1. The highest BCUT2D eigenvalue weighted by atomic mass is 16.4. The van der Waals surface area contributed by atoms with Crippen molar-refractivity contribution in [1.29, 1.82) is 0 Å². The number of hydrogen-bond donors (Lipinski definition) is 1. The van der Waals surface area contributed by atoms with Gasteiger partial charge in [-0.3, -0.25) is 0 Å². The van der Waals surface area contributed by atoms with E-state index in [9.17, 15) is 9.90 Å². The minimum atomic E-state index is -0.893. The molecule has 0 radical (unpaired) electrons. The number of rotatable bonds is 3. The SMILES string of the molecule is CC(=Cc1cccc(C(=O)O)c1)c1ccc2c(c1)C(C)(C)CCC2(C)C. The van der Waals surface area contributed by atoms with E-state index >= 15 is 0 Å². The maximum Gasteiger partial charge on any atom is 0.335 e. The average molecular weight is 348 g/mol. The van der Waals surface area contributed by atoms with Crippen molar-refractivity contribution in [1.82, 2.24) is 0 Å². The molecule has 1 aliphatic rings. The Morgan fingerprint density at radius 2 is 1.58 bits per heavy atom. The van der Waals surface area contributed by atoms with Crippen molar-refractivity contribution in [3.8, 4) is 0 Å². The van der Waals surface area contributed by atoms with Crippen LogP contribution in [0.5, 0.6) is 0 Å². The third-order valence-corrected chi connectivity index (χ3v) is 5.82. The molecule has 0 atom stereocenters. The van der Waals surface area contributed by atoms with E-state index in [2.05, 4.69) is 58.9 Å². The maximum absolute atomic E-state index is 11.2. The summed E-state index contributed by atoms with van der Waals surface area (Å²) in [5.41, 5.74) is 6.89. The van der Waals surface area contributed by atoms with Crippen LogP contribution in [0.3, 0.4) is 0 Å². The van der Waals surface area contributed by atoms with Crippen molar-refractivity contribution in [2.24, 2.45) is 0 Å². The van der Waals surface area contributed by atoms with Gasteiger partial charge in [0.15, 0.2) is 0 Å². The molecule has 0 aromatic heterocycles. The summed E-state index contributed by atoms with van der Waals surface area (Å²) in [4.78, 5) is 11.2. The van der Waals surface area contributed by atoms with Crippen LogP contribution in [0.25, 0.3) is 11.6 Å². The van der Waals surface area contributed by atoms with Crippen LogP contribution in [0.4, 0.5) is 0 Å². The van der Waals surface area contributed by atoms with Crippen molar-refractivity contribution < 1.29 is 9.90 Å². The number of carbonyl (C=O) groups is 1. The molecule has 0 unspecified atom stereocenters. The monoisotopic (exact) mass is 348 g/mol. The third kappa shape index (κ3) is 3.46. The predicted molar refractivity (Wildman–Crippen MR) is 109 cm³/mol. The van der Waals surface area contributed by atoms with E-state index in [0.717, 1.165) is 11.1 Å². The zero-order chi connectivity index (χ0) is 19.1. The van der Waals surface area contributed by atoms with E-state index in [0.29, 0.717) is 5.56 Å². The van der Waals surface area contributed by atoms with Crippen molar-refractivity contribution >= 4 is 17.6 Å². The van der Waals surface area contributed by atoms with Crippen molar-refractivity contribution in [3.05, 3.63) is 70.3 Å². The topological polar surface area (TPSA) is 37.3 Å². The largest absolute Gasteiger partial charge is 0.478 e. The summed E-state index contributed by atoms with van der Waals surface area (Å²) >= 11 is 0. The van der Waals surface area contributed by atoms with Gasteiger partial charge in [-0.25, -0.2) is 4.79 Å². The fourth-order valence-corrected chi connectivity index (χ4v) is 3.93. The lowest BCUT2D eigenvalue weighted by Crippen LogP contribution is -2.33. The second kappa shape index (κ2) is 6.42. The highest BCUT2D eigenvalue weighted by Gasteiger charge is 2.36. The molecule has 1 aliphatic carbocycles. The van der Waals surface area contributed by atoms with Gasteiger partial charge in [0.2, 0.25) is 0 Å². The first-order chi connectivity index (χ1) is 12.1. The number of fused-ring (bicyclic) bond motifs is 1. The van der Waals surface area contributed by atoms with E-state index in [-0.39, 0.29) is 10.8 Å². The number of allylic oxidation sites excluding steroid dienone is 1. The Morgan fingerprint density at radius 1 is 0.923 bits per heavy atom. The first-order valence-electron chi connectivity index (χ1n) is 9.27. The van der Waals surface area contributed by atoms with E-state index in [4.69, 9.17) is 0 Å². The van der Waals surface area contributed by atoms with Gasteiger partial charge in [-0.05, 0) is 70.6 Å². The molecule has 136 valence electrons. The number of benzene rings is 2. The quantitative estimate of drug-likeness (QED) is 0.661. The van der Waals surface area contributed by atoms with Gasteiger partial charge in [0.1, 0.15) is 0 Å². The van der Waals surface area contributed by atoms with Crippen LogP contribution in [0.15, 0.2) is 42.5 Å². The molecule has 0 saturated heterocycles. The molecule has 0 heterocycles. The number of aromatic carboxylic acids is 1. The second-order valence-electron chi connectivity index (χ2n) is 8.79. The summed E-state index contributed by atoms with van der Waals surface area (Å²) in [6.07, 6.45) is 4.47. The molecular weight excluding hydrogens is 320 g/mol. The Hall–Kier alpha value is -2.35. The van der Waals surface area contributed by atoms with Gasteiger partial charge >= 0.3 is 5.97 Å². The van der Waals surface area contributed by atoms with Crippen molar-refractivity contribution in [3.63, 3.8) is 0 Å². The molecule has 0 amide bonds. The van der Waals surface area contributed by atoms with Gasteiger partial charge in [-0.1, -0.05) is 64.1 Å². The van der Waals surface area contributed by atoms with Crippen LogP contribution < -0.4 is 0 Å². The highest BCUT2D eigenvalue weighted by Crippen LogP contribution is 2.46. The smallest absolute Gasteiger partial charge is 0.335 e. The second-order valence-corrected chi connectivity index (χ2v) is 8.79. The summed E-state index contributed by atoms with van der Waals surface area (Å²) in [6, 6.07) is 13.9. The fraction of sp³-hybridized carbons (Fsp3) is 0.375. The first-order valence-corrected chi connectivity index (χ1v) is 9.27. The van der Waals surface area contributed by atoms with Crippen LogP contribution in [-0.4, -0.2) is 11.1 Å². The molecule has 0 bridgehead atoms. The summed E-state index contributed by atoms with van der Waals surface area (Å²) < 4.78 is 0. The van der Waals surface area contributed by atoms with E-state index in [1.807, 2.05) is 6.07 Å². The molecule has 0 fully saturated rings. The van der Waals surface area contributed by atoms with E-state index in [1.165, 1.54) is 29.5 Å². The van der Waals surface area contributed by atoms with Crippen molar-refractivity contribution in [2.45, 2.75) is 58.3 Å². The molecule has 0 saturated carbocycles. The predicted octanol–water partition coefficient (Wildman–Crippen LogP) is 6.29. The van der Waals surface area contributed by atoms with Crippen molar-refractivity contribution in [2.75, 3.05) is 0 Å². The Balaban J connectivity index is 2.03. The zero-order valence-corrected chi connectivity index (χ0v) is 16.4. The van der Waals surface area contributed by atoms with Gasteiger partial charge in [-0.2, -0.15) is 0 Å². The maximum atomic E-state index is 11.2. The molecular formula is C24H28O2. The van der Waals surface area contributed by atoms with Gasteiger partial charge in [0, 0.05) is 0 Å². The fourth-order valence-electron chi connectivity index (χ4n) is 3.93. The standard InChI is InChI=1S/C24H28O2/c1-16(13-17-7-6-8-19(14-17)22(25)26)18-9-10-20-21(15-18)24(4,5)12-11-23(20,2)3/h6-10,13-15H,11-12H2,1-5H3,(H,25,26). The van der Waals surface area contributed by atoms with E-state index in [1.54, 1.807) is 18.2 Å². The summed E-state index contributed by atoms with van der Waals surface area (Å²) in [5.74, 6) is -0.893. The summed E-state index contributed by atoms with van der Waals surface area (Å²) in [7, 11) is 0. The van der Waals surface area contributed by atoms with Gasteiger partial charge in [0.05, 0.1) is 5.56 Å². The highest BCUT2D eigenvalue weighted by molar-refractivity contribution is 5.89. The Kier molecular flexibility index (Phi) is 4.56. The van der Waals surface area contributed by atoms with Crippen LogP contribution in [0.1, 0.15) is 80.1 Å². The summed E-state index contributed by atoms with van der Waals surface area (Å²) in [6.45, 7) is 11.4.